The molecule has 1 unspecified atom stereocenters. The molecule has 82 valence electrons. The van der Waals surface area contributed by atoms with Gasteiger partial charge >= 0.3 is 0 Å². The molecular formula is C12H16BrNO. The van der Waals surface area contributed by atoms with Gasteiger partial charge in [0.15, 0.2) is 0 Å². The van der Waals surface area contributed by atoms with Crippen molar-refractivity contribution in [3.05, 3.63) is 34.3 Å². The summed E-state index contributed by atoms with van der Waals surface area (Å²) < 4.78 is 6.89. The van der Waals surface area contributed by atoms with E-state index in [9.17, 15) is 0 Å². The van der Waals surface area contributed by atoms with Gasteiger partial charge in [0.25, 0.3) is 0 Å². The number of nitrogens with one attached hydrogen (secondary N) is 1. The van der Waals surface area contributed by atoms with Crippen LogP contribution in [0.1, 0.15) is 25.6 Å². The zero-order valence-electron chi connectivity index (χ0n) is 9.09. The summed E-state index contributed by atoms with van der Waals surface area (Å²) in [6, 6.07) is 8.25. The number of rotatable bonds is 1. The Morgan fingerprint density at radius 2 is 2.00 bits per heavy atom. The third-order valence-electron chi connectivity index (χ3n) is 2.58. The molecule has 1 aliphatic rings. The Labute approximate surface area is 99.1 Å². The second-order valence-electron chi connectivity index (χ2n) is 4.79. The quantitative estimate of drug-likeness (QED) is 0.846. The average molecular weight is 270 g/mol. The maximum absolute atomic E-state index is 5.79. The number of halogens is 1. The van der Waals surface area contributed by atoms with Gasteiger partial charge in [-0.05, 0) is 17.7 Å². The minimum absolute atomic E-state index is 0.0473. The van der Waals surface area contributed by atoms with Crippen molar-refractivity contribution < 1.29 is 4.74 Å². The standard InChI is InChI=1S/C12H16BrNO/c1-12(2)7-14-11(15-8-12)9-3-5-10(13)6-4-9/h3-6,11,14H,7-8H2,1-2H3. The fourth-order valence-corrected chi connectivity index (χ4v) is 1.90. The molecule has 0 spiro atoms. The molecule has 1 atom stereocenters. The van der Waals surface area contributed by atoms with Gasteiger partial charge < -0.3 is 4.74 Å². The first kappa shape index (κ1) is 11.1. The lowest BCUT2D eigenvalue weighted by molar-refractivity contribution is -0.0595. The fourth-order valence-electron chi connectivity index (χ4n) is 1.64. The predicted molar refractivity (Wildman–Crippen MR) is 64.6 cm³/mol. The van der Waals surface area contributed by atoms with Gasteiger partial charge in [0.1, 0.15) is 6.23 Å². The first-order valence-electron chi connectivity index (χ1n) is 5.17. The van der Waals surface area contributed by atoms with E-state index < -0.39 is 0 Å². The Hall–Kier alpha value is -0.380. The summed E-state index contributed by atoms with van der Waals surface area (Å²) in [5.41, 5.74) is 1.43. The molecule has 1 aromatic rings. The van der Waals surface area contributed by atoms with Crippen LogP contribution in [-0.4, -0.2) is 13.2 Å². The van der Waals surface area contributed by atoms with Crippen molar-refractivity contribution in [1.82, 2.24) is 5.32 Å². The van der Waals surface area contributed by atoms with Gasteiger partial charge in [-0.1, -0.05) is 41.9 Å². The van der Waals surface area contributed by atoms with Gasteiger partial charge in [-0.25, -0.2) is 0 Å². The monoisotopic (exact) mass is 269 g/mol. The Kier molecular flexibility index (Phi) is 3.14. The van der Waals surface area contributed by atoms with Crippen molar-refractivity contribution in [3.63, 3.8) is 0 Å². The molecule has 0 aliphatic carbocycles. The Morgan fingerprint density at radius 3 is 2.53 bits per heavy atom. The molecule has 0 bridgehead atoms. The van der Waals surface area contributed by atoms with Gasteiger partial charge in [-0.15, -0.1) is 0 Å². The number of benzene rings is 1. The number of hydrogen-bond acceptors (Lipinski definition) is 2. The Morgan fingerprint density at radius 1 is 1.33 bits per heavy atom. The smallest absolute Gasteiger partial charge is 0.134 e. The van der Waals surface area contributed by atoms with Crippen molar-refractivity contribution in [2.24, 2.45) is 5.41 Å². The van der Waals surface area contributed by atoms with Crippen LogP contribution in [0.15, 0.2) is 28.7 Å². The second-order valence-corrected chi connectivity index (χ2v) is 5.70. The zero-order valence-corrected chi connectivity index (χ0v) is 10.7. The van der Waals surface area contributed by atoms with E-state index in [2.05, 4.69) is 47.2 Å². The molecule has 1 fully saturated rings. The summed E-state index contributed by atoms with van der Waals surface area (Å²) in [5, 5.41) is 3.41. The highest BCUT2D eigenvalue weighted by molar-refractivity contribution is 9.10. The van der Waals surface area contributed by atoms with Crippen molar-refractivity contribution in [1.29, 1.82) is 0 Å². The third kappa shape index (κ3) is 2.80. The summed E-state index contributed by atoms with van der Waals surface area (Å²) in [4.78, 5) is 0. The summed E-state index contributed by atoms with van der Waals surface area (Å²) in [5.74, 6) is 0. The van der Waals surface area contributed by atoms with Crippen LogP contribution in [0.2, 0.25) is 0 Å². The molecule has 15 heavy (non-hydrogen) atoms. The van der Waals surface area contributed by atoms with Crippen LogP contribution in [0, 0.1) is 5.41 Å². The number of hydrogen-bond donors (Lipinski definition) is 1. The van der Waals surface area contributed by atoms with Crippen LogP contribution in [0.25, 0.3) is 0 Å². The Bertz CT molecular complexity index is 324. The van der Waals surface area contributed by atoms with E-state index in [-0.39, 0.29) is 11.6 Å². The van der Waals surface area contributed by atoms with Crippen LogP contribution < -0.4 is 5.32 Å². The van der Waals surface area contributed by atoms with Crippen molar-refractivity contribution in [2.45, 2.75) is 20.1 Å². The summed E-state index contributed by atoms with van der Waals surface area (Å²) in [6.07, 6.45) is 0.0473. The molecule has 1 aliphatic heterocycles. The zero-order chi connectivity index (χ0) is 10.9. The van der Waals surface area contributed by atoms with Gasteiger partial charge in [0, 0.05) is 16.4 Å². The first-order valence-corrected chi connectivity index (χ1v) is 5.97. The second kappa shape index (κ2) is 4.24. The lowest BCUT2D eigenvalue weighted by Gasteiger charge is -2.35. The normalized spacial score (nSPS) is 25.1. The van der Waals surface area contributed by atoms with E-state index in [1.54, 1.807) is 0 Å². The van der Waals surface area contributed by atoms with E-state index >= 15 is 0 Å². The van der Waals surface area contributed by atoms with E-state index in [0.29, 0.717) is 0 Å². The molecule has 0 radical (unpaired) electrons. The highest BCUT2D eigenvalue weighted by Crippen LogP contribution is 2.26. The maximum Gasteiger partial charge on any atom is 0.134 e. The molecule has 0 saturated carbocycles. The van der Waals surface area contributed by atoms with Crippen LogP contribution >= 0.6 is 15.9 Å². The largest absolute Gasteiger partial charge is 0.358 e. The van der Waals surface area contributed by atoms with Gasteiger partial charge in [0.2, 0.25) is 0 Å². The minimum atomic E-state index is 0.0473. The molecule has 1 aromatic carbocycles. The molecule has 1 saturated heterocycles. The molecule has 2 nitrogen and oxygen atoms in total. The summed E-state index contributed by atoms with van der Waals surface area (Å²) in [7, 11) is 0. The fraction of sp³-hybridized carbons (Fsp3) is 0.500. The lowest BCUT2D eigenvalue weighted by atomic mass is 9.93. The van der Waals surface area contributed by atoms with Gasteiger partial charge in [0.05, 0.1) is 6.61 Å². The SMILES string of the molecule is CC1(C)CNC(c2ccc(Br)cc2)OC1. The topological polar surface area (TPSA) is 21.3 Å². The molecule has 0 amide bonds. The van der Waals surface area contributed by atoms with Crippen molar-refractivity contribution in [2.75, 3.05) is 13.2 Å². The number of ether oxygens (including phenoxy) is 1. The molecule has 0 aromatic heterocycles. The van der Waals surface area contributed by atoms with Crippen LogP contribution in [0.3, 0.4) is 0 Å². The van der Waals surface area contributed by atoms with E-state index in [4.69, 9.17) is 4.74 Å². The maximum atomic E-state index is 5.79. The molecule has 2 rings (SSSR count). The molecule has 1 heterocycles. The minimum Gasteiger partial charge on any atom is -0.358 e. The lowest BCUT2D eigenvalue weighted by Crippen LogP contribution is -2.42. The van der Waals surface area contributed by atoms with Crippen molar-refractivity contribution in [3.8, 4) is 0 Å². The van der Waals surface area contributed by atoms with Crippen LogP contribution in [-0.2, 0) is 4.74 Å². The summed E-state index contributed by atoms with van der Waals surface area (Å²) in [6.45, 7) is 6.21. The molecule has 1 N–H and O–H groups in total. The van der Waals surface area contributed by atoms with E-state index in [1.807, 2.05) is 12.1 Å². The van der Waals surface area contributed by atoms with E-state index in [1.165, 1.54) is 5.56 Å². The highest BCUT2D eigenvalue weighted by Gasteiger charge is 2.27. The van der Waals surface area contributed by atoms with Crippen LogP contribution in [0.4, 0.5) is 0 Å². The summed E-state index contributed by atoms with van der Waals surface area (Å²) >= 11 is 3.43. The van der Waals surface area contributed by atoms with Gasteiger partial charge in [-0.2, -0.15) is 0 Å². The predicted octanol–water partition coefficient (Wildman–Crippen LogP) is 3.09. The highest BCUT2D eigenvalue weighted by atomic mass is 79.9. The van der Waals surface area contributed by atoms with Crippen molar-refractivity contribution >= 4 is 15.9 Å². The molecular weight excluding hydrogens is 254 g/mol. The van der Waals surface area contributed by atoms with E-state index in [0.717, 1.165) is 17.6 Å². The first-order chi connectivity index (χ1) is 7.07. The average Bonchev–Trinajstić information content (AvgIpc) is 2.20. The Balaban J connectivity index is 2.04. The van der Waals surface area contributed by atoms with Gasteiger partial charge in [-0.3, -0.25) is 5.32 Å². The van der Waals surface area contributed by atoms with Crippen LogP contribution in [0.5, 0.6) is 0 Å². The third-order valence-corrected chi connectivity index (χ3v) is 3.11. The molecule has 3 heteroatoms.